The summed E-state index contributed by atoms with van der Waals surface area (Å²) in [6, 6.07) is 1.42. The molecule has 1 unspecified atom stereocenters. The lowest BCUT2D eigenvalue weighted by Gasteiger charge is -2.18. The maximum atomic E-state index is 11.4. The molecule has 1 aromatic rings. The molecule has 1 amide bonds. The first-order valence-corrected chi connectivity index (χ1v) is 6.19. The van der Waals surface area contributed by atoms with E-state index in [0.29, 0.717) is 17.8 Å². The second kappa shape index (κ2) is 6.72. The molecule has 0 fully saturated rings. The number of carboxylic acid groups (broad SMARTS) is 1. The zero-order valence-electron chi connectivity index (χ0n) is 11.1. The van der Waals surface area contributed by atoms with Crippen LogP contribution in [0.3, 0.4) is 0 Å². The van der Waals surface area contributed by atoms with Crippen LogP contribution < -0.4 is 11.1 Å². The van der Waals surface area contributed by atoms with Crippen LogP contribution in [0.2, 0.25) is 0 Å². The van der Waals surface area contributed by atoms with Crippen molar-refractivity contribution in [2.45, 2.75) is 39.2 Å². The number of pyridine rings is 1. The molecule has 4 N–H and O–H groups in total. The van der Waals surface area contributed by atoms with E-state index < -0.39 is 11.9 Å². The smallest absolute Gasteiger partial charge is 0.305 e. The van der Waals surface area contributed by atoms with Gasteiger partial charge in [-0.3, -0.25) is 9.59 Å². The Morgan fingerprint density at radius 3 is 2.74 bits per heavy atom. The van der Waals surface area contributed by atoms with Crippen LogP contribution in [0.15, 0.2) is 12.3 Å². The number of nitrogens with two attached hydrogens (primary N) is 1. The number of carbonyl (C=O) groups excluding carboxylic acids is 1. The minimum atomic E-state index is -0.890. The number of nitrogens with one attached hydrogen (secondary N) is 1. The maximum absolute atomic E-state index is 11.4. The Hall–Kier alpha value is -2.11. The van der Waals surface area contributed by atoms with Crippen LogP contribution in [-0.4, -0.2) is 28.0 Å². The van der Waals surface area contributed by atoms with Crippen molar-refractivity contribution in [2.75, 3.05) is 5.32 Å². The Morgan fingerprint density at radius 1 is 1.53 bits per heavy atom. The van der Waals surface area contributed by atoms with E-state index >= 15 is 0 Å². The number of hydrogen-bond donors (Lipinski definition) is 3. The third-order valence-electron chi connectivity index (χ3n) is 2.80. The minimum Gasteiger partial charge on any atom is -0.481 e. The van der Waals surface area contributed by atoms with Gasteiger partial charge in [-0.05, 0) is 25.0 Å². The second-order valence-corrected chi connectivity index (χ2v) is 4.44. The summed E-state index contributed by atoms with van der Waals surface area (Å²) in [6.45, 7) is 3.73. The second-order valence-electron chi connectivity index (χ2n) is 4.44. The Bertz CT molecular complexity index is 474. The van der Waals surface area contributed by atoms with Gasteiger partial charge in [-0.15, -0.1) is 0 Å². The minimum absolute atomic E-state index is 0.0261. The summed E-state index contributed by atoms with van der Waals surface area (Å²) in [5.74, 6) is -1.11. The van der Waals surface area contributed by atoms with Crippen LogP contribution in [0, 0.1) is 6.92 Å². The van der Waals surface area contributed by atoms with Crippen LogP contribution in [0.1, 0.15) is 42.1 Å². The normalized spacial score (nSPS) is 11.9. The van der Waals surface area contributed by atoms with E-state index in [0.717, 1.165) is 12.0 Å². The highest BCUT2D eigenvalue weighted by Crippen LogP contribution is 2.18. The number of hydrogen-bond acceptors (Lipinski definition) is 4. The molecule has 104 valence electrons. The molecule has 0 spiro atoms. The standard InChI is InChI=1S/C13H19N3O3/c1-3-4-9(7-10(17)18)16-13-11(12(14)19)8(2)5-6-15-13/h5-6,9H,3-4,7H2,1-2H3,(H2,14,19)(H,15,16)(H,17,18). The fourth-order valence-electron chi connectivity index (χ4n) is 1.96. The average molecular weight is 265 g/mol. The largest absolute Gasteiger partial charge is 0.481 e. The fourth-order valence-corrected chi connectivity index (χ4v) is 1.96. The fraction of sp³-hybridized carbons (Fsp3) is 0.462. The van der Waals surface area contributed by atoms with Gasteiger partial charge in [0, 0.05) is 12.2 Å². The van der Waals surface area contributed by atoms with E-state index in [4.69, 9.17) is 10.8 Å². The molecule has 1 aromatic heterocycles. The van der Waals surface area contributed by atoms with Gasteiger partial charge in [0.05, 0.1) is 12.0 Å². The Labute approximate surface area is 112 Å². The molecule has 0 saturated carbocycles. The number of aromatic nitrogens is 1. The molecule has 1 atom stereocenters. The number of anilines is 1. The molecule has 6 heteroatoms. The van der Waals surface area contributed by atoms with Crippen molar-refractivity contribution in [1.82, 2.24) is 4.98 Å². The monoisotopic (exact) mass is 265 g/mol. The van der Waals surface area contributed by atoms with Gasteiger partial charge in [0.2, 0.25) is 0 Å². The molecule has 1 heterocycles. The Balaban J connectivity index is 2.98. The zero-order valence-corrected chi connectivity index (χ0v) is 11.1. The van der Waals surface area contributed by atoms with Crippen LogP contribution in [0.4, 0.5) is 5.82 Å². The first-order chi connectivity index (χ1) is 8.95. The van der Waals surface area contributed by atoms with Crippen molar-refractivity contribution >= 4 is 17.7 Å². The summed E-state index contributed by atoms with van der Waals surface area (Å²) >= 11 is 0. The number of aryl methyl sites for hydroxylation is 1. The summed E-state index contributed by atoms with van der Waals surface area (Å²) in [4.78, 5) is 26.3. The van der Waals surface area contributed by atoms with E-state index in [1.165, 1.54) is 0 Å². The van der Waals surface area contributed by atoms with Crippen molar-refractivity contribution in [3.8, 4) is 0 Å². The van der Waals surface area contributed by atoms with Gasteiger partial charge >= 0.3 is 5.97 Å². The molecular formula is C13H19N3O3. The van der Waals surface area contributed by atoms with Crippen LogP contribution in [0.25, 0.3) is 0 Å². The number of rotatable bonds is 7. The number of carboxylic acids is 1. The molecule has 0 aromatic carbocycles. The molecule has 0 aliphatic rings. The van der Waals surface area contributed by atoms with Gasteiger partial charge in [0.1, 0.15) is 5.82 Å². The van der Waals surface area contributed by atoms with E-state index in [1.807, 2.05) is 6.92 Å². The van der Waals surface area contributed by atoms with Crippen molar-refractivity contribution in [1.29, 1.82) is 0 Å². The van der Waals surface area contributed by atoms with Crippen molar-refractivity contribution < 1.29 is 14.7 Å². The quantitative estimate of drug-likeness (QED) is 0.693. The zero-order chi connectivity index (χ0) is 14.4. The SMILES string of the molecule is CCCC(CC(=O)O)Nc1nccc(C)c1C(N)=O. The third-order valence-corrected chi connectivity index (χ3v) is 2.80. The lowest BCUT2D eigenvalue weighted by Crippen LogP contribution is -2.26. The summed E-state index contributed by atoms with van der Waals surface area (Å²) in [5, 5.41) is 11.9. The molecule has 0 radical (unpaired) electrons. The Morgan fingerprint density at radius 2 is 2.21 bits per heavy atom. The molecule has 0 aliphatic carbocycles. The Kier molecular flexibility index (Phi) is 5.29. The first-order valence-electron chi connectivity index (χ1n) is 6.19. The van der Waals surface area contributed by atoms with Gasteiger partial charge in [-0.1, -0.05) is 13.3 Å². The topological polar surface area (TPSA) is 105 Å². The van der Waals surface area contributed by atoms with Crippen molar-refractivity contribution in [3.63, 3.8) is 0 Å². The van der Waals surface area contributed by atoms with Crippen LogP contribution >= 0.6 is 0 Å². The average Bonchev–Trinajstić information content (AvgIpc) is 2.27. The van der Waals surface area contributed by atoms with Gasteiger partial charge in [0.25, 0.3) is 5.91 Å². The van der Waals surface area contributed by atoms with Crippen molar-refractivity contribution in [2.24, 2.45) is 5.73 Å². The molecule has 6 nitrogen and oxygen atoms in total. The lowest BCUT2D eigenvalue weighted by molar-refractivity contribution is -0.137. The maximum Gasteiger partial charge on any atom is 0.305 e. The van der Waals surface area contributed by atoms with E-state index in [-0.39, 0.29) is 12.5 Å². The summed E-state index contributed by atoms with van der Waals surface area (Å²) < 4.78 is 0. The lowest BCUT2D eigenvalue weighted by atomic mass is 10.1. The molecule has 0 aliphatic heterocycles. The first kappa shape index (κ1) is 14.9. The number of carbonyl (C=O) groups is 2. The highest BCUT2D eigenvalue weighted by molar-refractivity contribution is 5.99. The van der Waals surface area contributed by atoms with Crippen LogP contribution in [-0.2, 0) is 4.79 Å². The van der Waals surface area contributed by atoms with Gasteiger partial charge in [-0.2, -0.15) is 0 Å². The van der Waals surface area contributed by atoms with Crippen molar-refractivity contribution in [3.05, 3.63) is 23.4 Å². The highest BCUT2D eigenvalue weighted by atomic mass is 16.4. The van der Waals surface area contributed by atoms with Crippen LogP contribution in [0.5, 0.6) is 0 Å². The molecular weight excluding hydrogens is 246 g/mol. The van der Waals surface area contributed by atoms with Gasteiger partial charge in [0.15, 0.2) is 0 Å². The predicted molar refractivity (Wildman–Crippen MR) is 72.1 cm³/mol. The number of amides is 1. The summed E-state index contributed by atoms with van der Waals surface area (Å²) in [5.41, 5.74) is 6.36. The molecule has 1 rings (SSSR count). The van der Waals surface area contributed by atoms with Gasteiger partial charge in [-0.25, -0.2) is 4.98 Å². The van der Waals surface area contributed by atoms with E-state index in [1.54, 1.807) is 19.2 Å². The third kappa shape index (κ3) is 4.24. The number of nitrogens with zero attached hydrogens (tertiary/aromatic N) is 1. The summed E-state index contributed by atoms with van der Waals surface area (Å²) in [7, 11) is 0. The summed E-state index contributed by atoms with van der Waals surface area (Å²) in [6.07, 6.45) is 3.05. The van der Waals surface area contributed by atoms with E-state index in [9.17, 15) is 9.59 Å². The number of aliphatic carboxylic acids is 1. The van der Waals surface area contributed by atoms with E-state index in [2.05, 4.69) is 10.3 Å². The predicted octanol–water partition coefficient (Wildman–Crippen LogP) is 1.54. The van der Waals surface area contributed by atoms with Gasteiger partial charge < -0.3 is 16.2 Å². The molecule has 0 bridgehead atoms. The number of primary amides is 1. The molecule has 19 heavy (non-hydrogen) atoms. The highest BCUT2D eigenvalue weighted by Gasteiger charge is 2.18. The molecule has 0 saturated heterocycles.